The first kappa shape index (κ1) is 25.3. The van der Waals surface area contributed by atoms with E-state index >= 15 is 0 Å². The average Bonchev–Trinajstić information content (AvgIpc) is 3.40. The molecule has 0 saturated carbocycles. The molecule has 0 N–H and O–H groups in total. The Morgan fingerprint density at radius 3 is 2.59 bits per heavy atom. The topological polar surface area (TPSA) is 73.1 Å². The maximum atomic E-state index is 12.9. The molecule has 10 heteroatoms. The van der Waals surface area contributed by atoms with Gasteiger partial charge in [-0.3, -0.25) is 14.7 Å². The summed E-state index contributed by atoms with van der Waals surface area (Å²) in [5.74, 6) is 0.0443. The molecule has 1 saturated heterocycles. The third kappa shape index (κ3) is 5.80. The van der Waals surface area contributed by atoms with Crippen LogP contribution in [0.15, 0.2) is 49.1 Å². The number of allylic oxidation sites excluding steroid dienone is 1. The van der Waals surface area contributed by atoms with Crippen molar-refractivity contribution >= 4 is 11.4 Å². The Bertz CT molecular complexity index is 1290. The van der Waals surface area contributed by atoms with Crippen molar-refractivity contribution < 1.29 is 22.7 Å². The number of aromatic nitrogens is 4. The summed E-state index contributed by atoms with van der Waals surface area (Å²) in [5.41, 5.74) is 3.59. The van der Waals surface area contributed by atoms with Gasteiger partial charge in [0, 0.05) is 44.1 Å². The number of rotatable bonds is 6. The van der Waals surface area contributed by atoms with Crippen LogP contribution in [0.5, 0.6) is 0 Å². The summed E-state index contributed by atoms with van der Waals surface area (Å²) in [6.07, 6.45) is 6.45. The molecule has 3 aromatic heterocycles. The molecular weight excluding hydrogens is 483 g/mol. The van der Waals surface area contributed by atoms with Gasteiger partial charge in [-0.05, 0) is 55.0 Å². The number of halogens is 3. The molecule has 2 aliphatic rings. The summed E-state index contributed by atoms with van der Waals surface area (Å²) < 4.78 is 45.0. The number of ketones is 1. The van der Waals surface area contributed by atoms with Gasteiger partial charge < -0.3 is 4.74 Å². The van der Waals surface area contributed by atoms with Gasteiger partial charge in [-0.25, -0.2) is 9.67 Å². The summed E-state index contributed by atoms with van der Waals surface area (Å²) in [4.78, 5) is 23.9. The van der Waals surface area contributed by atoms with Gasteiger partial charge in [0.15, 0.2) is 11.6 Å². The summed E-state index contributed by atoms with van der Waals surface area (Å²) in [7, 11) is 0. The zero-order chi connectivity index (χ0) is 26.0. The molecule has 7 nitrogen and oxygen atoms in total. The average molecular weight is 512 g/mol. The van der Waals surface area contributed by atoms with Crippen LogP contribution < -0.4 is 0 Å². The van der Waals surface area contributed by atoms with E-state index in [1.165, 1.54) is 28.7 Å². The highest BCUT2D eigenvalue weighted by Crippen LogP contribution is 2.31. The van der Waals surface area contributed by atoms with Gasteiger partial charge in [-0.1, -0.05) is 12.1 Å². The fraction of sp³-hybridized carbons (Fsp3) is 0.407. The SMILES string of the molecule is Cc1cc(CC(=O)c2cnn(-c3ccc(C(F)(F)F)cn3)c2)cnc1C1=CCC(N2CCOCC2)CC1. The van der Waals surface area contributed by atoms with E-state index in [1.54, 1.807) is 6.20 Å². The molecule has 3 aromatic rings. The van der Waals surface area contributed by atoms with E-state index in [4.69, 9.17) is 9.72 Å². The minimum absolute atomic E-state index is 0.151. The fourth-order valence-corrected chi connectivity index (χ4v) is 4.94. The van der Waals surface area contributed by atoms with E-state index < -0.39 is 11.7 Å². The first-order chi connectivity index (χ1) is 17.8. The van der Waals surface area contributed by atoms with Crippen LogP contribution in [0.2, 0.25) is 0 Å². The Morgan fingerprint density at radius 2 is 1.95 bits per heavy atom. The normalized spacial score (nSPS) is 19.0. The second kappa shape index (κ2) is 10.5. The smallest absolute Gasteiger partial charge is 0.379 e. The molecule has 1 aliphatic carbocycles. The number of morpholine rings is 1. The predicted molar refractivity (Wildman–Crippen MR) is 131 cm³/mol. The first-order valence-electron chi connectivity index (χ1n) is 12.4. The molecule has 1 unspecified atom stereocenters. The molecule has 1 fully saturated rings. The summed E-state index contributed by atoms with van der Waals surface area (Å²) >= 11 is 0. The molecule has 1 aliphatic heterocycles. The van der Waals surface area contributed by atoms with Crippen molar-refractivity contribution in [3.63, 3.8) is 0 Å². The molecule has 0 spiro atoms. The zero-order valence-corrected chi connectivity index (χ0v) is 20.5. The predicted octanol–water partition coefficient (Wildman–Crippen LogP) is 4.68. The van der Waals surface area contributed by atoms with Crippen molar-refractivity contribution in [3.8, 4) is 5.82 Å². The van der Waals surface area contributed by atoms with Crippen molar-refractivity contribution in [2.24, 2.45) is 0 Å². The number of Topliss-reactive ketones (excluding diaryl/α,β-unsaturated/α-hetero) is 1. The highest BCUT2D eigenvalue weighted by Gasteiger charge is 2.30. The van der Waals surface area contributed by atoms with Crippen LogP contribution in [0.3, 0.4) is 0 Å². The zero-order valence-electron chi connectivity index (χ0n) is 20.5. The van der Waals surface area contributed by atoms with Gasteiger partial charge >= 0.3 is 6.18 Å². The van der Waals surface area contributed by atoms with Crippen LogP contribution in [0.4, 0.5) is 13.2 Å². The van der Waals surface area contributed by atoms with Gasteiger partial charge in [0.25, 0.3) is 0 Å². The minimum Gasteiger partial charge on any atom is -0.379 e. The Kier molecular flexibility index (Phi) is 7.21. The van der Waals surface area contributed by atoms with Crippen molar-refractivity contribution in [1.82, 2.24) is 24.6 Å². The molecule has 0 amide bonds. The van der Waals surface area contributed by atoms with Gasteiger partial charge in [-0.15, -0.1) is 0 Å². The van der Waals surface area contributed by atoms with Crippen molar-refractivity contribution in [1.29, 1.82) is 0 Å². The number of ether oxygens (including phenoxy) is 1. The van der Waals surface area contributed by atoms with Crippen LogP contribution in [0.1, 0.15) is 52.0 Å². The molecule has 0 bridgehead atoms. The molecule has 5 rings (SSSR count). The molecular formula is C27H28F3N5O2. The fourth-order valence-electron chi connectivity index (χ4n) is 4.94. The van der Waals surface area contributed by atoms with Crippen LogP contribution in [-0.2, 0) is 17.3 Å². The first-order valence-corrected chi connectivity index (χ1v) is 12.4. The molecule has 4 heterocycles. The Labute approximate surface area is 213 Å². The molecule has 0 aromatic carbocycles. The third-order valence-electron chi connectivity index (χ3n) is 6.96. The number of carbonyl (C=O) groups excluding carboxylic acids is 1. The summed E-state index contributed by atoms with van der Waals surface area (Å²) in [6.45, 7) is 5.61. The Morgan fingerprint density at radius 1 is 1.14 bits per heavy atom. The lowest BCUT2D eigenvalue weighted by Crippen LogP contribution is -2.43. The number of hydrogen-bond acceptors (Lipinski definition) is 6. The maximum Gasteiger partial charge on any atom is 0.417 e. The molecule has 194 valence electrons. The van der Waals surface area contributed by atoms with Crippen molar-refractivity contribution in [2.75, 3.05) is 26.3 Å². The standard InChI is InChI=1S/C27H28F3N5O2/c1-18-12-19(14-32-26(18)20-2-5-23(6-3-20)34-8-10-37-11-9-34)13-24(36)21-15-33-35(17-21)25-7-4-22(16-31-25)27(28,29)30/h2,4,7,12,14-17,23H,3,5-6,8-11,13H2,1H3. The second-order valence-corrected chi connectivity index (χ2v) is 9.49. The van der Waals surface area contributed by atoms with Crippen LogP contribution in [0.25, 0.3) is 11.4 Å². The maximum absolute atomic E-state index is 12.9. The van der Waals surface area contributed by atoms with Crippen LogP contribution >= 0.6 is 0 Å². The lowest BCUT2D eigenvalue weighted by molar-refractivity contribution is -0.137. The summed E-state index contributed by atoms with van der Waals surface area (Å²) in [6, 6.07) is 4.71. The van der Waals surface area contributed by atoms with Crippen molar-refractivity contribution in [3.05, 3.63) is 77.0 Å². The van der Waals surface area contributed by atoms with Gasteiger partial charge in [-0.2, -0.15) is 18.3 Å². The molecule has 0 radical (unpaired) electrons. The van der Waals surface area contributed by atoms with E-state index in [-0.39, 0.29) is 18.0 Å². The van der Waals surface area contributed by atoms with Gasteiger partial charge in [0.1, 0.15) is 0 Å². The number of carbonyl (C=O) groups is 1. The lowest BCUT2D eigenvalue weighted by Gasteiger charge is -2.36. The number of aryl methyl sites for hydroxylation is 1. The summed E-state index contributed by atoms with van der Waals surface area (Å²) in [5, 5.41) is 4.09. The lowest BCUT2D eigenvalue weighted by atomic mass is 9.90. The monoisotopic (exact) mass is 511 g/mol. The van der Waals surface area contributed by atoms with E-state index in [0.717, 1.165) is 74.6 Å². The van der Waals surface area contributed by atoms with E-state index in [2.05, 4.69) is 21.1 Å². The second-order valence-electron chi connectivity index (χ2n) is 9.49. The highest BCUT2D eigenvalue weighted by atomic mass is 19.4. The van der Waals surface area contributed by atoms with Crippen LogP contribution in [0, 0.1) is 6.92 Å². The van der Waals surface area contributed by atoms with E-state index in [9.17, 15) is 18.0 Å². The Balaban J connectivity index is 1.22. The van der Waals surface area contributed by atoms with E-state index in [1.807, 2.05) is 13.0 Å². The van der Waals surface area contributed by atoms with E-state index in [0.29, 0.717) is 11.6 Å². The number of nitrogens with zero attached hydrogens (tertiary/aromatic N) is 5. The molecule has 37 heavy (non-hydrogen) atoms. The highest BCUT2D eigenvalue weighted by molar-refractivity contribution is 5.97. The van der Waals surface area contributed by atoms with Crippen LogP contribution in [-0.4, -0.2) is 62.8 Å². The number of hydrogen-bond donors (Lipinski definition) is 0. The quantitative estimate of drug-likeness (QED) is 0.448. The van der Waals surface area contributed by atoms with Crippen molar-refractivity contribution in [2.45, 2.75) is 44.8 Å². The molecule has 1 atom stereocenters. The number of alkyl halides is 3. The minimum atomic E-state index is -4.46. The largest absolute Gasteiger partial charge is 0.417 e. The van der Waals surface area contributed by atoms with Gasteiger partial charge in [0.2, 0.25) is 0 Å². The van der Waals surface area contributed by atoms with Gasteiger partial charge in [0.05, 0.1) is 36.2 Å². The third-order valence-corrected chi connectivity index (χ3v) is 6.96. The Hall–Kier alpha value is -3.37. The number of pyridine rings is 2.